The van der Waals surface area contributed by atoms with Gasteiger partial charge in [-0.15, -0.1) is 0 Å². The minimum Gasteiger partial charge on any atom is -0.251 e. The van der Waals surface area contributed by atoms with Crippen molar-refractivity contribution in [1.82, 2.24) is 15.4 Å². The first-order valence-electron chi connectivity index (χ1n) is 3.46. The van der Waals surface area contributed by atoms with Crippen LogP contribution in [0.4, 0.5) is 0 Å². The van der Waals surface area contributed by atoms with Crippen molar-refractivity contribution in [2.24, 2.45) is 0 Å². The highest BCUT2D eigenvalue weighted by molar-refractivity contribution is 5.73. The molecule has 0 aliphatic carbocycles. The molecule has 0 saturated heterocycles. The molecular formula is C7H7N3O2. The molecule has 2 rings (SSSR count). The summed E-state index contributed by atoms with van der Waals surface area (Å²) in [6.07, 6.45) is 0. The van der Waals surface area contributed by atoms with E-state index in [4.69, 9.17) is 5.26 Å². The van der Waals surface area contributed by atoms with Crippen LogP contribution in [-0.2, 0) is 11.5 Å². The number of fused-ring (bicyclic) bond motifs is 1. The average Bonchev–Trinajstić information content (AvgIpc) is 2.51. The van der Waals surface area contributed by atoms with Gasteiger partial charge in [0.05, 0.1) is 0 Å². The molecule has 0 unspecified atom stereocenters. The molecule has 0 saturated carbocycles. The van der Waals surface area contributed by atoms with Gasteiger partial charge in [-0.2, -0.15) is 15.4 Å². The fraction of sp³-hybridized carbons (Fsp3) is 0.143. The van der Waals surface area contributed by atoms with Crippen LogP contribution in [0.15, 0.2) is 18.2 Å². The standard InChI is InChI=1S/C7H7N3O2/c11-12-4-5-1-2-6-7(3-5)9-10-8-6/h1-3,11H,4H2,(H,8,9,10). The molecule has 1 aromatic carbocycles. The number of benzene rings is 1. The highest BCUT2D eigenvalue weighted by Gasteiger charge is 1.98. The Labute approximate surface area is 67.9 Å². The highest BCUT2D eigenvalue weighted by atomic mass is 17.1. The van der Waals surface area contributed by atoms with Crippen molar-refractivity contribution in [3.8, 4) is 0 Å². The molecule has 0 radical (unpaired) electrons. The monoisotopic (exact) mass is 165 g/mol. The fourth-order valence-corrected chi connectivity index (χ4v) is 1.05. The molecule has 5 nitrogen and oxygen atoms in total. The van der Waals surface area contributed by atoms with Crippen molar-refractivity contribution < 1.29 is 10.1 Å². The SMILES string of the molecule is OOCc1ccc2n[nH]nc2c1. The number of H-pyrrole nitrogens is 1. The van der Waals surface area contributed by atoms with Crippen LogP contribution in [0.25, 0.3) is 11.0 Å². The number of rotatable bonds is 2. The average molecular weight is 165 g/mol. The summed E-state index contributed by atoms with van der Waals surface area (Å²) in [6, 6.07) is 5.43. The normalized spacial score (nSPS) is 10.8. The largest absolute Gasteiger partial charge is 0.251 e. The topological polar surface area (TPSA) is 71.0 Å². The van der Waals surface area contributed by atoms with Crippen LogP contribution in [0.2, 0.25) is 0 Å². The van der Waals surface area contributed by atoms with Crippen LogP contribution >= 0.6 is 0 Å². The lowest BCUT2D eigenvalue weighted by atomic mass is 10.2. The summed E-state index contributed by atoms with van der Waals surface area (Å²) in [4.78, 5) is 3.99. The van der Waals surface area contributed by atoms with Crippen molar-refractivity contribution in [1.29, 1.82) is 0 Å². The van der Waals surface area contributed by atoms with Crippen LogP contribution in [-0.4, -0.2) is 20.7 Å². The highest BCUT2D eigenvalue weighted by Crippen LogP contribution is 2.10. The van der Waals surface area contributed by atoms with E-state index in [1.807, 2.05) is 12.1 Å². The molecule has 1 heterocycles. The Morgan fingerprint density at radius 2 is 2.17 bits per heavy atom. The van der Waals surface area contributed by atoms with Gasteiger partial charge in [-0.1, -0.05) is 6.07 Å². The van der Waals surface area contributed by atoms with Gasteiger partial charge < -0.3 is 0 Å². The summed E-state index contributed by atoms with van der Waals surface area (Å²) in [5.74, 6) is 0. The van der Waals surface area contributed by atoms with E-state index in [9.17, 15) is 0 Å². The molecule has 0 fully saturated rings. The summed E-state index contributed by atoms with van der Waals surface area (Å²) in [7, 11) is 0. The van der Waals surface area contributed by atoms with E-state index in [1.54, 1.807) is 6.07 Å². The lowest BCUT2D eigenvalue weighted by Crippen LogP contribution is -1.86. The summed E-state index contributed by atoms with van der Waals surface area (Å²) in [6.45, 7) is 0.169. The Hall–Kier alpha value is -1.46. The second-order valence-electron chi connectivity index (χ2n) is 2.42. The van der Waals surface area contributed by atoms with E-state index >= 15 is 0 Å². The third-order valence-electron chi connectivity index (χ3n) is 1.61. The van der Waals surface area contributed by atoms with Gasteiger partial charge >= 0.3 is 0 Å². The zero-order valence-corrected chi connectivity index (χ0v) is 6.19. The third-order valence-corrected chi connectivity index (χ3v) is 1.61. The molecule has 5 heteroatoms. The van der Waals surface area contributed by atoms with E-state index in [2.05, 4.69) is 20.3 Å². The molecule has 12 heavy (non-hydrogen) atoms. The first-order valence-corrected chi connectivity index (χ1v) is 3.46. The maximum atomic E-state index is 8.20. The van der Waals surface area contributed by atoms with Gasteiger partial charge in [0.2, 0.25) is 0 Å². The summed E-state index contributed by atoms with van der Waals surface area (Å²) in [5, 5.41) is 18.5. The predicted molar refractivity (Wildman–Crippen MR) is 41.3 cm³/mol. The minimum absolute atomic E-state index is 0.169. The number of hydrogen-bond donors (Lipinski definition) is 2. The maximum Gasteiger partial charge on any atom is 0.113 e. The number of hydrogen-bond acceptors (Lipinski definition) is 4. The molecule has 0 amide bonds. The van der Waals surface area contributed by atoms with Crippen LogP contribution in [0.3, 0.4) is 0 Å². The van der Waals surface area contributed by atoms with Crippen LogP contribution in [0.1, 0.15) is 5.56 Å². The van der Waals surface area contributed by atoms with Gasteiger partial charge in [-0.05, 0) is 17.7 Å². The number of nitrogens with zero attached hydrogens (tertiary/aromatic N) is 2. The lowest BCUT2D eigenvalue weighted by Gasteiger charge is -1.95. The molecule has 62 valence electrons. The summed E-state index contributed by atoms with van der Waals surface area (Å²) >= 11 is 0. The molecule has 0 spiro atoms. The van der Waals surface area contributed by atoms with E-state index in [1.165, 1.54) is 0 Å². The molecule has 0 bridgehead atoms. The zero-order valence-electron chi connectivity index (χ0n) is 6.19. The van der Waals surface area contributed by atoms with Crippen molar-refractivity contribution in [2.75, 3.05) is 0 Å². The first kappa shape index (κ1) is 7.20. The molecule has 1 aromatic heterocycles. The number of nitrogens with one attached hydrogen (secondary N) is 1. The smallest absolute Gasteiger partial charge is 0.113 e. The van der Waals surface area contributed by atoms with Crippen LogP contribution in [0, 0.1) is 0 Å². The molecule has 0 atom stereocenters. The first-order chi connectivity index (χ1) is 5.90. The number of aromatic amines is 1. The summed E-state index contributed by atoms with van der Waals surface area (Å²) < 4.78 is 0. The molecule has 0 aliphatic rings. The second-order valence-corrected chi connectivity index (χ2v) is 2.42. The Morgan fingerprint density at radius 3 is 3.00 bits per heavy atom. The van der Waals surface area contributed by atoms with Gasteiger partial charge in [0.1, 0.15) is 17.6 Å². The summed E-state index contributed by atoms with van der Waals surface area (Å²) in [5.41, 5.74) is 2.43. The van der Waals surface area contributed by atoms with Gasteiger partial charge in [0, 0.05) is 0 Å². The third kappa shape index (κ3) is 1.15. The van der Waals surface area contributed by atoms with Crippen molar-refractivity contribution in [2.45, 2.75) is 6.61 Å². The quantitative estimate of drug-likeness (QED) is 0.513. The predicted octanol–water partition coefficient (Wildman–Crippen LogP) is 0.947. The van der Waals surface area contributed by atoms with Crippen LogP contribution in [0.5, 0.6) is 0 Å². The van der Waals surface area contributed by atoms with Gasteiger partial charge in [-0.3, -0.25) is 5.26 Å². The Morgan fingerprint density at radius 1 is 1.33 bits per heavy atom. The minimum atomic E-state index is 0.169. The maximum absolute atomic E-state index is 8.20. The van der Waals surface area contributed by atoms with E-state index in [0.29, 0.717) is 0 Å². The molecule has 2 aromatic rings. The molecule has 0 aliphatic heterocycles. The van der Waals surface area contributed by atoms with Crippen molar-refractivity contribution in [3.05, 3.63) is 23.8 Å². The van der Waals surface area contributed by atoms with Crippen molar-refractivity contribution in [3.63, 3.8) is 0 Å². The molecule has 2 N–H and O–H groups in total. The van der Waals surface area contributed by atoms with Gasteiger partial charge in [0.25, 0.3) is 0 Å². The van der Waals surface area contributed by atoms with E-state index in [-0.39, 0.29) is 6.61 Å². The van der Waals surface area contributed by atoms with E-state index in [0.717, 1.165) is 16.6 Å². The fourth-order valence-electron chi connectivity index (χ4n) is 1.05. The Balaban J connectivity index is 2.46. The Bertz CT molecular complexity index is 385. The van der Waals surface area contributed by atoms with Gasteiger partial charge in [-0.25, -0.2) is 4.89 Å². The number of aromatic nitrogens is 3. The Kier molecular flexibility index (Phi) is 1.73. The van der Waals surface area contributed by atoms with Crippen molar-refractivity contribution >= 4 is 11.0 Å². The lowest BCUT2D eigenvalue weighted by molar-refractivity contribution is -0.252. The molecular weight excluding hydrogens is 158 g/mol. The van der Waals surface area contributed by atoms with E-state index < -0.39 is 0 Å². The zero-order chi connectivity index (χ0) is 8.39. The van der Waals surface area contributed by atoms with Crippen LogP contribution < -0.4 is 0 Å². The second kappa shape index (κ2) is 2.88. The van der Waals surface area contributed by atoms with Gasteiger partial charge in [0.15, 0.2) is 0 Å².